The molecule has 0 fully saturated rings. The Bertz CT molecular complexity index is 583. The molecule has 0 radical (unpaired) electrons. The van der Waals surface area contributed by atoms with E-state index < -0.39 is 11.7 Å². The molecule has 1 heterocycles. The minimum Gasteiger partial charge on any atom is -0.442 e. The van der Waals surface area contributed by atoms with Gasteiger partial charge in [-0.2, -0.15) is 0 Å². The van der Waals surface area contributed by atoms with Crippen molar-refractivity contribution in [2.24, 2.45) is 5.73 Å². The van der Waals surface area contributed by atoms with Crippen LogP contribution in [0.25, 0.3) is 11.0 Å². The van der Waals surface area contributed by atoms with Gasteiger partial charge in [0.15, 0.2) is 0 Å². The van der Waals surface area contributed by atoms with E-state index in [0.29, 0.717) is 17.6 Å². The average Bonchev–Trinajstić information content (AvgIpc) is 2.69. The van der Waals surface area contributed by atoms with Crippen molar-refractivity contribution in [1.82, 2.24) is 15.0 Å². The monoisotopic (exact) mass is 248 g/mol. The lowest BCUT2D eigenvalue weighted by Crippen LogP contribution is -2.27. The first-order valence-corrected chi connectivity index (χ1v) is 5.69. The summed E-state index contributed by atoms with van der Waals surface area (Å²) in [6.45, 7) is 5.75. The van der Waals surface area contributed by atoms with Gasteiger partial charge < -0.3 is 10.5 Å². The largest absolute Gasteiger partial charge is 0.442 e. The van der Waals surface area contributed by atoms with Crippen LogP contribution in [0.4, 0.5) is 4.79 Å². The molecule has 0 aliphatic carbocycles. The van der Waals surface area contributed by atoms with Crippen LogP contribution in [0.3, 0.4) is 0 Å². The molecule has 6 heteroatoms. The predicted octanol–water partition coefficient (Wildman–Crippen LogP) is 1.67. The van der Waals surface area contributed by atoms with E-state index in [9.17, 15) is 4.79 Å². The normalized spacial score (nSPS) is 11.8. The maximum atomic E-state index is 11.9. The molecule has 0 aliphatic rings. The Morgan fingerprint density at radius 1 is 1.44 bits per heavy atom. The lowest BCUT2D eigenvalue weighted by atomic mass is 10.2. The van der Waals surface area contributed by atoms with E-state index in [2.05, 4.69) is 10.3 Å². The fourth-order valence-electron chi connectivity index (χ4n) is 1.61. The number of benzene rings is 1. The first-order chi connectivity index (χ1) is 8.42. The van der Waals surface area contributed by atoms with Crippen molar-refractivity contribution in [3.05, 3.63) is 23.8 Å². The Morgan fingerprint density at radius 2 is 2.17 bits per heavy atom. The van der Waals surface area contributed by atoms with Gasteiger partial charge in [-0.25, -0.2) is 4.79 Å². The quantitative estimate of drug-likeness (QED) is 0.830. The maximum Gasteiger partial charge on any atom is 0.437 e. The summed E-state index contributed by atoms with van der Waals surface area (Å²) in [6.07, 6.45) is -0.542. The van der Waals surface area contributed by atoms with E-state index in [0.717, 1.165) is 10.2 Å². The molecule has 0 saturated carbocycles. The maximum absolute atomic E-state index is 11.9. The molecule has 1 aromatic heterocycles. The molecule has 6 nitrogen and oxygen atoms in total. The highest BCUT2D eigenvalue weighted by Crippen LogP contribution is 2.17. The third-order valence-electron chi connectivity index (χ3n) is 2.35. The standard InChI is InChI=1S/C12H16N4O2/c1-12(2,3)18-11(17)16-9-6-4-5-8(7-13)10(9)14-15-16/h4-6H,7,13H2,1-3H3. The fraction of sp³-hybridized carbons (Fsp3) is 0.417. The molecule has 2 N–H and O–H groups in total. The number of nitrogens with two attached hydrogens (primary N) is 1. The first kappa shape index (κ1) is 12.5. The zero-order valence-electron chi connectivity index (χ0n) is 10.7. The number of hydrogen-bond donors (Lipinski definition) is 1. The fourth-order valence-corrected chi connectivity index (χ4v) is 1.61. The van der Waals surface area contributed by atoms with E-state index in [4.69, 9.17) is 10.5 Å². The van der Waals surface area contributed by atoms with Crippen LogP contribution in [-0.2, 0) is 11.3 Å². The molecule has 0 spiro atoms. The molecule has 0 unspecified atom stereocenters. The van der Waals surface area contributed by atoms with Crippen LogP contribution in [0.2, 0.25) is 0 Å². The van der Waals surface area contributed by atoms with Gasteiger partial charge in [0.05, 0.1) is 0 Å². The third-order valence-corrected chi connectivity index (χ3v) is 2.35. The Labute approximate surface area is 105 Å². The molecular formula is C12H16N4O2. The van der Waals surface area contributed by atoms with Gasteiger partial charge in [0, 0.05) is 6.54 Å². The van der Waals surface area contributed by atoms with Gasteiger partial charge >= 0.3 is 6.09 Å². The zero-order valence-corrected chi connectivity index (χ0v) is 10.7. The van der Waals surface area contributed by atoms with Crippen molar-refractivity contribution in [2.75, 3.05) is 0 Å². The van der Waals surface area contributed by atoms with E-state index in [-0.39, 0.29) is 0 Å². The molecular weight excluding hydrogens is 232 g/mol. The Kier molecular flexibility index (Phi) is 3.04. The Hall–Kier alpha value is -1.95. The molecule has 18 heavy (non-hydrogen) atoms. The van der Waals surface area contributed by atoms with Gasteiger partial charge in [-0.3, -0.25) is 0 Å². The van der Waals surface area contributed by atoms with Crippen LogP contribution in [0.15, 0.2) is 18.2 Å². The lowest BCUT2D eigenvalue weighted by molar-refractivity contribution is 0.0519. The molecule has 0 amide bonds. The topological polar surface area (TPSA) is 83.0 Å². The van der Waals surface area contributed by atoms with E-state index in [1.807, 2.05) is 12.1 Å². The van der Waals surface area contributed by atoms with E-state index in [1.54, 1.807) is 26.8 Å². The summed E-state index contributed by atoms with van der Waals surface area (Å²) < 4.78 is 6.41. The highest BCUT2D eigenvalue weighted by molar-refractivity contribution is 5.86. The van der Waals surface area contributed by atoms with Crippen molar-refractivity contribution in [2.45, 2.75) is 32.9 Å². The smallest absolute Gasteiger partial charge is 0.437 e. The third kappa shape index (κ3) is 2.33. The second-order valence-corrected chi connectivity index (χ2v) is 4.97. The molecule has 2 aromatic rings. The number of carbonyl (C=O) groups excluding carboxylic acids is 1. The summed E-state index contributed by atoms with van der Waals surface area (Å²) in [5, 5.41) is 7.80. The first-order valence-electron chi connectivity index (χ1n) is 5.69. The summed E-state index contributed by atoms with van der Waals surface area (Å²) in [5.41, 5.74) is 7.12. The van der Waals surface area contributed by atoms with Crippen molar-refractivity contribution >= 4 is 17.1 Å². The second kappa shape index (κ2) is 4.38. The summed E-state index contributed by atoms with van der Waals surface area (Å²) in [6, 6.07) is 5.43. The van der Waals surface area contributed by atoms with Crippen molar-refractivity contribution in [3.8, 4) is 0 Å². The van der Waals surface area contributed by atoms with E-state index >= 15 is 0 Å². The summed E-state index contributed by atoms with van der Waals surface area (Å²) >= 11 is 0. The number of carbonyl (C=O) groups is 1. The van der Waals surface area contributed by atoms with Gasteiger partial charge in [-0.1, -0.05) is 17.3 Å². The van der Waals surface area contributed by atoms with Crippen LogP contribution < -0.4 is 5.73 Å². The van der Waals surface area contributed by atoms with Crippen LogP contribution in [-0.4, -0.2) is 26.7 Å². The van der Waals surface area contributed by atoms with Crippen LogP contribution in [0.1, 0.15) is 26.3 Å². The summed E-state index contributed by atoms with van der Waals surface area (Å²) in [5.74, 6) is 0. The lowest BCUT2D eigenvalue weighted by Gasteiger charge is -2.18. The molecule has 0 saturated heterocycles. The molecule has 2 rings (SSSR count). The predicted molar refractivity (Wildman–Crippen MR) is 67.1 cm³/mol. The molecule has 0 aliphatic heterocycles. The van der Waals surface area contributed by atoms with Gasteiger partial charge in [0.2, 0.25) is 0 Å². The summed E-state index contributed by atoms with van der Waals surface area (Å²) in [4.78, 5) is 11.9. The number of nitrogens with zero attached hydrogens (tertiary/aromatic N) is 3. The molecule has 0 atom stereocenters. The van der Waals surface area contributed by atoms with Crippen molar-refractivity contribution in [1.29, 1.82) is 0 Å². The van der Waals surface area contributed by atoms with Crippen LogP contribution >= 0.6 is 0 Å². The highest BCUT2D eigenvalue weighted by Gasteiger charge is 2.21. The minimum absolute atomic E-state index is 0.352. The molecule has 1 aromatic carbocycles. The number of hydrogen-bond acceptors (Lipinski definition) is 5. The second-order valence-electron chi connectivity index (χ2n) is 4.97. The molecule has 96 valence electrons. The van der Waals surface area contributed by atoms with Gasteiger partial charge in [0.1, 0.15) is 16.6 Å². The van der Waals surface area contributed by atoms with Crippen LogP contribution in [0, 0.1) is 0 Å². The Balaban J connectivity index is 2.44. The number of rotatable bonds is 1. The summed E-state index contributed by atoms with van der Waals surface area (Å²) in [7, 11) is 0. The number of fused-ring (bicyclic) bond motifs is 1. The van der Waals surface area contributed by atoms with Crippen molar-refractivity contribution in [3.63, 3.8) is 0 Å². The molecule has 0 bridgehead atoms. The zero-order chi connectivity index (χ0) is 13.3. The van der Waals surface area contributed by atoms with Crippen LogP contribution in [0.5, 0.6) is 0 Å². The van der Waals surface area contributed by atoms with Gasteiger partial charge in [-0.15, -0.1) is 9.78 Å². The number of aromatic nitrogens is 3. The highest BCUT2D eigenvalue weighted by atomic mass is 16.6. The number of ether oxygens (including phenoxy) is 1. The SMILES string of the molecule is CC(C)(C)OC(=O)n1nnc2c(CN)cccc21. The van der Waals surface area contributed by atoms with Crippen molar-refractivity contribution < 1.29 is 9.53 Å². The van der Waals surface area contributed by atoms with E-state index in [1.165, 1.54) is 0 Å². The minimum atomic E-state index is -0.569. The Morgan fingerprint density at radius 3 is 2.78 bits per heavy atom. The average molecular weight is 248 g/mol. The van der Waals surface area contributed by atoms with Gasteiger partial charge in [0.25, 0.3) is 0 Å². The van der Waals surface area contributed by atoms with Gasteiger partial charge in [-0.05, 0) is 32.4 Å².